The van der Waals surface area contributed by atoms with Crippen LogP contribution in [0, 0.1) is 0 Å². The highest BCUT2D eigenvalue weighted by atomic mass is 32.2. The Morgan fingerprint density at radius 2 is 2.00 bits per heavy atom. The van der Waals surface area contributed by atoms with Crippen LogP contribution in [0.15, 0.2) is 33.6 Å². The summed E-state index contributed by atoms with van der Waals surface area (Å²) in [7, 11) is 1.26. The van der Waals surface area contributed by atoms with Gasteiger partial charge in [0.1, 0.15) is 0 Å². The molecule has 17 heavy (non-hydrogen) atoms. The summed E-state index contributed by atoms with van der Waals surface area (Å²) >= 11 is 1.65. The highest BCUT2D eigenvalue weighted by Gasteiger charge is 2.15. The Morgan fingerprint density at radius 1 is 1.29 bits per heavy atom. The largest absolute Gasteiger partial charge is 0.462 e. The lowest BCUT2D eigenvalue weighted by molar-refractivity contribution is 0.0556. The Labute approximate surface area is 102 Å². The third-order valence-corrected chi connectivity index (χ3v) is 2.87. The van der Waals surface area contributed by atoms with E-state index in [2.05, 4.69) is 14.9 Å². The fraction of sp³-hybridized carbons (Fsp3) is 0.182. The summed E-state index contributed by atoms with van der Waals surface area (Å²) in [6, 6.07) is 7.62. The fourth-order valence-corrected chi connectivity index (χ4v) is 1.65. The van der Waals surface area contributed by atoms with Crippen molar-refractivity contribution in [3.05, 3.63) is 30.2 Å². The first kappa shape index (κ1) is 11.7. The minimum Gasteiger partial charge on any atom is -0.462 e. The molecule has 0 saturated heterocycles. The van der Waals surface area contributed by atoms with Gasteiger partial charge in [0, 0.05) is 10.5 Å². The van der Waals surface area contributed by atoms with E-state index in [1.54, 1.807) is 11.8 Å². The minimum absolute atomic E-state index is 0.142. The van der Waals surface area contributed by atoms with E-state index < -0.39 is 5.97 Å². The molecule has 1 heterocycles. The second kappa shape index (κ2) is 5.01. The Bertz CT molecular complexity index is 522. The molecule has 0 radical (unpaired) electrons. The summed E-state index contributed by atoms with van der Waals surface area (Å²) < 4.78 is 9.68. The molecule has 0 amide bonds. The monoisotopic (exact) mass is 250 g/mol. The molecule has 0 bridgehead atoms. The Morgan fingerprint density at radius 3 is 2.59 bits per heavy atom. The predicted octanol–water partition coefficient (Wildman–Crippen LogP) is 2.25. The van der Waals surface area contributed by atoms with Crippen LogP contribution in [0.25, 0.3) is 11.5 Å². The molecule has 0 aliphatic heterocycles. The van der Waals surface area contributed by atoms with Crippen LogP contribution in [0.3, 0.4) is 0 Å². The molecule has 0 saturated carbocycles. The lowest BCUT2D eigenvalue weighted by Gasteiger charge is -1.97. The van der Waals surface area contributed by atoms with Crippen molar-refractivity contribution >= 4 is 17.7 Å². The van der Waals surface area contributed by atoms with Crippen LogP contribution in [0.2, 0.25) is 0 Å². The number of methoxy groups -OCH3 is 1. The van der Waals surface area contributed by atoms with E-state index in [9.17, 15) is 4.79 Å². The molecule has 0 N–H and O–H groups in total. The molecule has 2 aromatic rings. The normalized spacial score (nSPS) is 10.2. The fourth-order valence-electron chi connectivity index (χ4n) is 1.24. The van der Waals surface area contributed by atoms with E-state index in [0.29, 0.717) is 5.89 Å². The molecule has 0 spiro atoms. The molecule has 1 aromatic heterocycles. The number of carbonyl (C=O) groups is 1. The number of ether oxygens (including phenoxy) is 1. The zero-order chi connectivity index (χ0) is 12.3. The number of rotatable bonds is 3. The highest BCUT2D eigenvalue weighted by molar-refractivity contribution is 7.98. The second-order valence-corrected chi connectivity index (χ2v) is 4.01. The molecule has 0 fully saturated rings. The topological polar surface area (TPSA) is 65.2 Å². The zero-order valence-corrected chi connectivity index (χ0v) is 10.2. The van der Waals surface area contributed by atoms with Gasteiger partial charge < -0.3 is 9.15 Å². The number of esters is 1. The van der Waals surface area contributed by atoms with Crippen LogP contribution in [0.1, 0.15) is 10.7 Å². The number of benzene rings is 1. The average Bonchev–Trinajstić information content (AvgIpc) is 2.87. The van der Waals surface area contributed by atoms with E-state index in [0.717, 1.165) is 10.5 Å². The van der Waals surface area contributed by atoms with Crippen LogP contribution < -0.4 is 0 Å². The van der Waals surface area contributed by atoms with Crippen molar-refractivity contribution in [1.82, 2.24) is 10.2 Å². The number of hydrogen-bond acceptors (Lipinski definition) is 6. The maximum absolute atomic E-state index is 11.1. The first-order valence-electron chi connectivity index (χ1n) is 4.81. The van der Waals surface area contributed by atoms with Gasteiger partial charge in [-0.05, 0) is 30.5 Å². The van der Waals surface area contributed by atoms with Crippen molar-refractivity contribution in [1.29, 1.82) is 0 Å². The van der Waals surface area contributed by atoms with Gasteiger partial charge in [0.15, 0.2) is 0 Å². The summed E-state index contributed by atoms with van der Waals surface area (Å²) in [5.74, 6) is -0.473. The maximum Gasteiger partial charge on any atom is 0.396 e. The molecule has 88 valence electrons. The van der Waals surface area contributed by atoms with E-state index in [1.807, 2.05) is 30.5 Å². The summed E-state index contributed by atoms with van der Waals surface area (Å²) in [4.78, 5) is 12.3. The summed E-state index contributed by atoms with van der Waals surface area (Å²) in [5, 5.41) is 7.40. The SMILES string of the molecule is COC(=O)c1nnc(-c2ccc(SC)cc2)o1. The number of thioether (sulfide) groups is 1. The average molecular weight is 250 g/mol. The third-order valence-electron chi connectivity index (χ3n) is 2.12. The molecular weight excluding hydrogens is 240 g/mol. The van der Waals surface area contributed by atoms with Gasteiger partial charge in [-0.15, -0.1) is 22.0 Å². The first-order valence-corrected chi connectivity index (χ1v) is 6.03. The summed E-state index contributed by atoms with van der Waals surface area (Å²) in [5.41, 5.74) is 0.769. The molecule has 0 aliphatic rings. The molecule has 2 rings (SSSR count). The number of aromatic nitrogens is 2. The van der Waals surface area contributed by atoms with Crippen LogP contribution >= 0.6 is 11.8 Å². The second-order valence-electron chi connectivity index (χ2n) is 3.13. The highest BCUT2D eigenvalue weighted by Crippen LogP contribution is 2.22. The molecule has 6 heteroatoms. The summed E-state index contributed by atoms with van der Waals surface area (Å²) in [6.45, 7) is 0. The van der Waals surface area contributed by atoms with E-state index in [1.165, 1.54) is 7.11 Å². The van der Waals surface area contributed by atoms with Crippen LogP contribution in [-0.2, 0) is 4.74 Å². The van der Waals surface area contributed by atoms with Gasteiger partial charge in [-0.25, -0.2) is 4.79 Å². The van der Waals surface area contributed by atoms with E-state index in [4.69, 9.17) is 4.42 Å². The summed E-state index contributed by atoms with van der Waals surface area (Å²) in [6.07, 6.45) is 2.00. The molecule has 5 nitrogen and oxygen atoms in total. The Hall–Kier alpha value is -1.82. The van der Waals surface area contributed by atoms with Gasteiger partial charge in [0.25, 0.3) is 0 Å². The number of carbonyl (C=O) groups excluding carboxylic acids is 1. The van der Waals surface area contributed by atoms with Gasteiger partial charge in [0.05, 0.1) is 7.11 Å². The Balaban J connectivity index is 2.27. The van der Waals surface area contributed by atoms with Gasteiger partial charge in [-0.2, -0.15) is 0 Å². The molecule has 0 aliphatic carbocycles. The van der Waals surface area contributed by atoms with Crippen molar-refractivity contribution in [2.45, 2.75) is 4.90 Å². The van der Waals surface area contributed by atoms with Gasteiger partial charge in [-0.3, -0.25) is 0 Å². The van der Waals surface area contributed by atoms with Crippen LogP contribution in [0.4, 0.5) is 0 Å². The third kappa shape index (κ3) is 2.47. The standard InChI is InChI=1S/C11H10N2O3S/c1-15-11(14)10-13-12-9(16-10)7-3-5-8(17-2)6-4-7/h3-6H,1-2H3. The zero-order valence-electron chi connectivity index (χ0n) is 9.34. The van der Waals surface area contributed by atoms with E-state index >= 15 is 0 Å². The van der Waals surface area contributed by atoms with E-state index in [-0.39, 0.29) is 5.89 Å². The first-order chi connectivity index (χ1) is 8.24. The van der Waals surface area contributed by atoms with Crippen LogP contribution in [0.5, 0.6) is 0 Å². The van der Waals surface area contributed by atoms with Crippen molar-refractivity contribution in [3.63, 3.8) is 0 Å². The van der Waals surface area contributed by atoms with Crippen molar-refractivity contribution < 1.29 is 13.9 Å². The maximum atomic E-state index is 11.1. The Kier molecular flexibility index (Phi) is 3.43. The van der Waals surface area contributed by atoms with Crippen molar-refractivity contribution in [2.75, 3.05) is 13.4 Å². The van der Waals surface area contributed by atoms with Crippen LogP contribution in [-0.4, -0.2) is 29.5 Å². The van der Waals surface area contributed by atoms with Gasteiger partial charge >= 0.3 is 11.9 Å². The molecule has 0 unspecified atom stereocenters. The lowest BCUT2D eigenvalue weighted by atomic mass is 10.2. The smallest absolute Gasteiger partial charge is 0.396 e. The van der Waals surface area contributed by atoms with Crippen molar-refractivity contribution in [3.8, 4) is 11.5 Å². The molecule has 0 atom stereocenters. The van der Waals surface area contributed by atoms with Gasteiger partial charge in [0.2, 0.25) is 5.89 Å². The minimum atomic E-state index is -0.635. The number of hydrogen-bond donors (Lipinski definition) is 0. The van der Waals surface area contributed by atoms with Gasteiger partial charge in [-0.1, -0.05) is 0 Å². The van der Waals surface area contributed by atoms with Crippen molar-refractivity contribution in [2.24, 2.45) is 0 Å². The number of nitrogens with zero attached hydrogens (tertiary/aromatic N) is 2. The lowest BCUT2D eigenvalue weighted by Crippen LogP contribution is -2.00. The quantitative estimate of drug-likeness (QED) is 0.615. The molecule has 1 aromatic carbocycles. The molecular formula is C11H10N2O3S. The predicted molar refractivity (Wildman–Crippen MR) is 62.9 cm³/mol.